The molecule has 0 aromatic carbocycles. The molecular formula is C15H27N3. The van der Waals surface area contributed by atoms with E-state index in [0.29, 0.717) is 0 Å². The first-order chi connectivity index (χ1) is 8.66. The van der Waals surface area contributed by atoms with E-state index in [9.17, 15) is 0 Å². The summed E-state index contributed by atoms with van der Waals surface area (Å²) in [4.78, 5) is 0. The van der Waals surface area contributed by atoms with E-state index in [1.54, 1.807) is 0 Å². The first-order valence-electron chi connectivity index (χ1n) is 7.35. The third-order valence-electron chi connectivity index (χ3n) is 4.52. The Balaban J connectivity index is 1.63. The molecule has 0 bridgehead atoms. The summed E-state index contributed by atoms with van der Waals surface area (Å²) >= 11 is 0. The van der Waals surface area contributed by atoms with Crippen LogP contribution in [0.3, 0.4) is 0 Å². The molecule has 1 aliphatic rings. The molecule has 1 aliphatic carbocycles. The van der Waals surface area contributed by atoms with Crippen molar-refractivity contribution in [2.24, 2.45) is 18.9 Å². The third kappa shape index (κ3) is 3.58. The molecule has 0 amide bonds. The van der Waals surface area contributed by atoms with Gasteiger partial charge in [0.2, 0.25) is 0 Å². The van der Waals surface area contributed by atoms with Crippen LogP contribution in [0.4, 0.5) is 0 Å². The van der Waals surface area contributed by atoms with Crippen LogP contribution in [0.2, 0.25) is 0 Å². The van der Waals surface area contributed by atoms with Gasteiger partial charge in [-0.25, -0.2) is 0 Å². The fourth-order valence-corrected chi connectivity index (χ4v) is 2.86. The molecule has 0 unspecified atom stereocenters. The summed E-state index contributed by atoms with van der Waals surface area (Å²) in [5.74, 6) is 1.93. The predicted molar refractivity (Wildman–Crippen MR) is 75.4 cm³/mol. The van der Waals surface area contributed by atoms with E-state index in [-0.39, 0.29) is 0 Å². The summed E-state index contributed by atoms with van der Waals surface area (Å²) in [6, 6.07) is 0. The van der Waals surface area contributed by atoms with E-state index < -0.39 is 0 Å². The maximum atomic E-state index is 4.27. The summed E-state index contributed by atoms with van der Waals surface area (Å²) in [5, 5.41) is 7.83. The van der Waals surface area contributed by atoms with Crippen LogP contribution in [0.5, 0.6) is 0 Å². The van der Waals surface area contributed by atoms with Crippen molar-refractivity contribution in [2.75, 3.05) is 6.54 Å². The number of nitrogens with one attached hydrogen (secondary N) is 1. The van der Waals surface area contributed by atoms with Gasteiger partial charge in [0, 0.05) is 24.8 Å². The second-order valence-electron chi connectivity index (χ2n) is 5.97. The molecule has 3 nitrogen and oxygen atoms in total. The van der Waals surface area contributed by atoms with E-state index in [1.165, 1.54) is 43.4 Å². The van der Waals surface area contributed by atoms with Crippen LogP contribution in [0, 0.1) is 18.8 Å². The van der Waals surface area contributed by atoms with Crippen LogP contribution in [0.1, 0.15) is 50.3 Å². The molecule has 1 fully saturated rings. The van der Waals surface area contributed by atoms with Crippen molar-refractivity contribution in [3.63, 3.8) is 0 Å². The fraction of sp³-hybridized carbons (Fsp3) is 0.800. The maximum absolute atomic E-state index is 4.27. The fourth-order valence-electron chi connectivity index (χ4n) is 2.86. The van der Waals surface area contributed by atoms with Crippen LogP contribution in [-0.2, 0) is 13.6 Å². The van der Waals surface area contributed by atoms with Crippen molar-refractivity contribution in [1.82, 2.24) is 15.1 Å². The van der Waals surface area contributed by atoms with Gasteiger partial charge >= 0.3 is 0 Å². The van der Waals surface area contributed by atoms with Gasteiger partial charge in [0.25, 0.3) is 0 Å². The molecular weight excluding hydrogens is 222 g/mol. The van der Waals surface area contributed by atoms with Gasteiger partial charge in [-0.3, -0.25) is 4.68 Å². The molecule has 0 radical (unpaired) electrons. The Hall–Kier alpha value is -0.830. The van der Waals surface area contributed by atoms with Crippen LogP contribution in [-0.4, -0.2) is 16.3 Å². The molecule has 1 aromatic rings. The lowest BCUT2D eigenvalue weighted by Gasteiger charge is -2.26. The van der Waals surface area contributed by atoms with Gasteiger partial charge in [0.15, 0.2) is 0 Å². The zero-order valence-electron chi connectivity index (χ0n) is 12.1. The van der Waals surface area contributed by atoms with E-state index in [4.69, 9.17) is 0 Å². The average Bonchev–Trinajstić information content (AvgIpc) is 2.68. The van der Waals surface area contributed by atoms with Crippen molar-refractivity contribution in [2.45, 2.75) is 52.5 Å². The lowest BCUT2D eigenvalue weighted by molar-refractivity contribution is 0.275. The van der Waals surface area contributed by atoms with E-state index in [1.807, 2.05) is 17.9 Å². The molecule has 102 valence electrons. The van der Waals surface area contributed by atoms with Crippen molar-refractivity contribution in [3.05, 3.63) is 17.5 Å². The first kappa shape index (κ1) is 13.6. The van der Waals surface area contributed by atoms with Gasteiger partial charge in [0.05, 0.1) is 6.20 Å². The predicted octanol–water partition coefficient (Wildman–Crippen LogP) is 3.03. The van der Waals surface area contributed by atoms with Gasteiger partial charge in [-0.2, -0.15) is 5.10 Å². The number of aromatic nitrogens is 2. The zero-order valence-corrected chi connectivity index (χ0v) is 12.1. The lowest BCUT2D eigenvalue weighted by Crippen LogP contribution is -2.20. The van der Waals surface area contributed by atoms with Crippen LogP contribution in [0.25, 0.3) is 0 Å². The molecule has 0 saturated heterocycles. The minimum absolute atomic E-state index is 0.961. The Morgan fingerprint density at radius 2 is 2.06 bits per heavy atom. The van der Waals surface area contributed by atoms with Gasteiger partial charge in [0.1, 0.15) is 0 Å². The monoisotopic (exact) mass is 249 g/mol. The molecule has 1 saturated carbocycles. The highest BCUT2D eigenvalue weighted by atomic mass is 15.3. The van der Waals surface area contributed by atoms with Crippen molar-refractivity contribution in [1.29, 1.82) is 0 Å². The summed E-state index contributed by atoms with van der Waals surface area (Å²) in [6.07, 6.45) is 9.07. The second-order valence-corrected chi connectivity index (χ2v) is 5.97. The Bertz CT molecular complexity index is 362. The quantitative estimate of drug-likeness (QED) is 0.813. The summed E-state index contributed by atoms with van der Waals surface area (Å²) in [5.41, 5.74) is 2.60. The lowest BCUT2D eigenvalue weighted by atomic mass is 9.81. The molecule has 0 spiro atoms. The molecule has 0 aliphatic heterocycles. The van der Waals surface area contributed by atoms with E-state index in [0.717, 1.165) is 24.9 Å². The van der Waals surface area contributed by atoms with E-state index in [2.05, 4.69) is 24.3 Å². The second kappa shape index (κ2) is 6.37. The Morgan fingerprint density at radius 1 is 1.33 bits per heavy atom. The largest absolute Gasteiger partial charge is 0.313 e. The van der Waals surface area contributed by atoms with Gasteiger partial charge in [-0.1, -0.05) is 32.6 Å². The normalized spacial score (nSPS) is 24.4. The van der Waals surface area contributed by atoms with Crippen LogP contribution < -0.4 is 5.32 Å². The molecule has 18 heavy (non-hydrogen) atoms. The van der Waals surface area contributed by atoms with Crippen molar-refractivity contribution in [3.8, 4) is 0 Å². The number of hydrogen-bond acceptors (Lipinski definition) is 2. The SMILES string of the molecule is Cc1c(CNCCC2CCC(C)CC2)cnn1C. The van der Waals surface area contributed by atoms with Gasteiger partial charge < -0.3 is 5.32 Å². The molecule has 0 atom stereocenters. The average molecular weight is 249 g/mol. The summed E-state index contributed by atoms with van der Waals surface area (Å²) in [6.45, 7) is 6.63. The number of nitrogens with zero attached hydrogens (tertiary/aromatic N) is 2. The van der Waals surface area contributed by atoms with Crippen LogP contribution >= 0.6 is 0 Å². The summed E-state index contributed by atoms with van der Waals surface area (Å²) < 4.78 is 1.94. The molecule has 1 heterocycles. The Morgan fingerprint density at radius 3 is 2.67 bits per heavy atom. The van der Waals surface area contributed by atoms with E-state index >= 15 is 0 Å². The van der Waals surface area contributed by atoms with Gasteiger partial charge in [-0.15, -0.1) is 0 Å². The smallest absolute Gasteiger partial charge is 0.0537 e. The number of aryl methyl sites for hydroxylation is 1. The highest BCUT2D eigenvalue weighted by molar-refractivity contribution is 5.15. The maximum Gasteiger partial charge on any atom is 0.0537 e. The van der Waals surface area contributed by atoms with Crippen molar-refractivity contribution < 1.29 is 0 Å². The molecule has 3 heteroatoms. The standard InChI is InChI=1S/C15H27N3/c1-12-4-6-14(7-5-12)8-9-16-10-15-11-17-18(3)13(15)2/h11-12,14,16H,4-10H2,1-3H3. The number of hydrogen-bond donors (Lipinski definition) is 1. The summed E-state index contributed by atoms with van der Waals surface area (Å²) in [7, 11) is 2.00. The van der Waals surface area contributed by atoms with Gasteiger partial charge in [-0.05, 0) is 31.7 Å². The first-order valence-corrected chi connectivity index (χ1v) is 7.35. The number of rotatable bonds is 5. The highest BCUT2D eigenvalue weighted by Crippen LogP contribution is 2.29. The highest BCUT2D eigenvalue weighted by Gasteiger charge is 2.17. The zero-order chi connectivity index (χ0) is 13.0. The van der Waals surface area contributed by atoms with Crippen molar-refractivity contribution >= 4 is 0 Å². The molecule has 1 aromatic heterocycles. The minimum Gasteiger partial charge on any atom is -0.313 e. The Kier molecular flexibility index (Phi) is 4.81. The Labute approximate surface area is 111 Å². The topological polar surface area (TPSA) is 29.9 Å². The molecule has 2 rings (SSSR count). The van der Waals surface area contributed by atoms with Crippen LogP contribution in [0.15, 0.2) is 6.20 Å². The third-order valence-corrected chi connectivity index (χ3v) is 4.52. The minimum atomic E-state index is 0.961. The molecule has 1 N–H and O–H groups in total.